The second-order valence-electron chi connectivity index (χ2n) is 6.50. The molecule has 1 aliphatic carbocycles. The van der Waals surface area contributed by atoms with Gasteiger partial charge in [0.05, 0.1) is 0 Å². The van der Waals surface area contributed by atoms with E-state index in [1.54, 1.807) is 0 Å². The summed E-state index contributed by atoms with van der Waals surface area (Å²) in [5.74, 6) is 6.13. The van der Waals surface area contributed by atoms with Crippen LogP contribution < -0.4 is 11.3 Å². The van der Waals surface area contributed by atoms with E-state index in [1.165, 1.54) is 31.2 Å². The van der Waals surface area contributed by atoms with Crippen molar-refractivity contribution in [1.29, 1.82) is 0 Å². The van der Waals surface area contributed by atoms with Gasteiger partial charge in [-0.1, -0.05) is 13.8 Å². The van der Waals surface area contributed by atoms with Crippen LogP contribution in [0.2, 0.25) is 0 Å². The summed E-state index contributed by atoms with van der Waals surface area (Å²) in [6.07, 6.45) is 7.07. The van der Waals surface area contributed by atoms with Gasteiger partial charge in [0.25, 0.3) is 0 Å². The Kier molecular flexibility index (Phi) is 4.42. The molecule has 106 valence electrons. The van der Waals surface area contributed by atoms with Gasteiger partial charge in [-0.15, -0.1) is 0 Å². The third-order valence-electron chi connectivity index (χ3n) is 4.34. The standard InChI is InChI=1S/C15H26N4/c1-15(2)7-4-13(5-8-15)19(3)11-12-6-9-17-14(10-12)18-16/h6,9-10,13H,4-5,7-8,11,16H2,1-3H3,(H,17,18). The molecule has 0 unspecified atom stereocenters. The van der Waals surface area contributed by atoms with Crippen molar-refractivity contribution in [2.45, 2.75) is 52.1 Å². The summed E-state index contributed by atoms with van der Waals surface area (Å²) in [6.45, 7) is 5.72. The van der Waals surface area contributed by atoms with E-state index in [9.17, 15) is 0 Å². The molecular formula is C15H26N4. The van der Waals surface area contributed by atoms with Gasteiger partial charge in [-0.3, -0.25) is 4.90 Å². The van der Waals surface area contributed by atoms with Crippen LogP contribution in [0.15, 0.2) is 18.3 Å². The molecule has 0 radical (unpaired) electrons. The molecule has 0 bridgehead atoms. The number of hydrogen-bond acceptors (Lipinski definition) is 4. The van der Waals surface area contributed by atoms with E-state index in [0.29, 0.717) is 11.5 Å². The summed E-state index contributed by atoms with van der Waals surface area (Å²) in [5, 5.41) is 0. The highest BCUT2D eigenvalue weighted by molar-refractivity contribution is 5.35. The summed E-state index contributed by atoms with van der Waals surface area (Å²) in [6, 6.07) is 4.78. The summed E-state index contributed by atoms with van der Waals surface area (Å²) in [5.41, 5.74) is 4.39. The molecule has 0 aliphatic heterocycles. The van der Waals surface area contributed by atoms with E-state index in [2.05, 4.69) is 42.3 Å². The first kappa shape index (κ1) is 14.3. The van der Waals surface area contributed by atoms with Crippen LogP contribution in [-0.4, -0.2) is 23.0 Å². The summed E-state index contributed by atoms with van der Waals surface area (Å²) in [7, 11) is 2.22. The molecule has 0 saturated heterocycles. The van der Waals surface area contributed by atoms with E-state index in [-0.39, 0.29) is 0 Å². The second-order valence-corrected chi connectivity index (χ2v) is 6.50. The number of nitrogen functional groups attached to an aromatic ring is 1. The van der Waals surface area contributed by atoms with Crippen molar-refractivity contribution in [3.63, 3.8) is 0 Å². The van der Waals surface area contributed by atoms with E-state index >= 15 is 0 Å². The number of hydrazine groups is 1. The molecule has 1 heterocycles. The summed E-state index contributed by atoms with van der Waals surface area (Å²) >= 11 is 0. The second kappa shape index (κ2) is 5.88. The van der Waals surface area contributed by atoms with Crippen molar-refractivity contribution in [1.82, 2.24) is 9.88 Å². The molecule has 1 aliphatic rings. The molecule has 1 fully saturated rings. The Hall–Kier alpha value is -1.13. The molecule has 4 nitrogen and oxygen atoms in total. The fraction of sp³-hybridized carbons (Fsp3) is 0.667. The quantitative estimate of drug-likeness (QED) is 0.647. The van der Waals surface area contributed by atoms with Crippen LogP contribution in [0.25, 0.3) is 0 Å². The maximum Gasteiger partial charge on any atom is 0.140 e. The number of pyridine rings is 1. The molecule has 0 aromatic carbocycles. The molecular weight excluding hydrogens is 236 g/mol. The van der Waals surface area contributed by atoms with Crippen LogP contribution in [0, 0.1) is 5.41 Å². The van der Waals surface area contributed by atoms with E-state index in [4.69, 9.17) is 5.84 Å². The highest BCUT2D eigenvalue weighted by atomic mass is 15.2. The maximum absolute atomic E-state index is 5.40. The SMILES string of the molecule is CN(Cc1ccnc(NN)c1)C1CCC(C)(C)CC1. The average molecular weight is 262 g/mol. The minimum Gasteiger partial charge on any atom is -0.308 e. The zero-order valence-electron chi connectivity index (χ0n) is 12.3. The molecule has 1 aromatic rings. The van der Waals surface area contributed by atoms with Gasteiger partial charge >= 0.3 is 0 Å². The molecule has 0 amide bonds. The summed E-state index contributed by atoms with van der Waals surface area (Å²) in [4.78, 5) is 6.61. The molecule has 19 heavy (non-hydrogen) atoms. The molecule has 0 spiro atoms. The van der Waals surface area contributed by atoms with Crippen LogP contribution in [0.5, 0.6) is 0 Å². The van der Waals surface area contributed by atoms with Gasteiger partial charge in [0.2, 0.25) is 0 Å². The van der Waals surface area contributed by atoms with Gasteiger partial charge in [0.15, 0.2) is 0 Å². The van der Waals surface area contributed by atoms with Gasteiger partial charge in [-0.2, -0.15) is 0 Å². The fourth-order valence-corrected chi connectivity index (χ4v) is 2.89. The molecule has 1 aromatic heterocycles. The molecule has 1 saturated carbocycles. The molecule has 2 rings (SSSR count). The number of hydrogen-bond donors (Lipinski definition) is 2. The van der Waals surface area contributed by atoms with Gasteiger partial charge in [-0.25, -0.2) is 10.8 Å². The Morgan fingerprint density at radius 2 is 2.11 bits per heavy atom. The lowest BCUT2D eigenvalue weighted by Crippen LogP contribution is -2.36. The predicted octanol–water partition coefficient (Wildman–Crippen LogP) is 2.77. The smallest absolute Gasteiger partial charge is 0.140 e. The van der Waals surface area contributed by atoms with E-state index in [0.717, 1.165) is 12.4 Å². The first-order valence-corrected chi connectivity index (χ1v) is 7.12. The topological polar surface area (TPSA) is 54.2 Å². The Balaban J connectivity index is 1.92. The zero-order valence-corrected chi connectivity index (χ0v) is 12.3. The highest BCUT2D eigenvalue weighted by Crippen LogP contribution is 2.36. The first-order valence-electron chi connectivity index (χ1n) is 7.12. The number of nitrogens with two attached hydrogens (primary N) is 1. The zero-order chi connectivity index (χ0) is 13.9. The number of nitrogens with zero attached hydrogens (tertiary/aromatic N) is 2. The fourth-order valence-electron chi connectivity index (χ4n) is 2.89. The van der Waals surface area contributed by atoms with Crippen molar-refractivity contribution in [2.24, 2.45) is 11.3 Å². The van der Waals surface area contributed by atoms with Gasteiger partial charge in [-0.05, 0) is 55.8 Å². The van der Waals surface area contributed by atoms with Crippen LogP contribution in [0.3, 0.4) is 0 Å². The van der Waals surface area contributed by atoms with Crippen molar-refractivity contribution in [3.8, 4) is 0 Å². The molecule has 3 N–H and O–H groups in total. The number of nitrogens with one attached hydrogen (secondary N) is 1. The lowest BCUT2D eigenvalue weighted by Gasteiger charge is -2.38. The van der Waals surface area contributed by atoms with E-state index in [1.807, 2.05) is 12.3 Å². The predicted molar refractivity (Wildman–Crippen MR) is 79.6 cm³/mol. The average Bonchev–Trinajstić information content (AvgIpc) is 2.38. The Morgan fingerprint density at radius 3 is 2.74 bits per heavy atom. The largest absolute Gasteiger partial charge is 0.308 e. The van der Waals surface area contributed by atoms with Crippen LogP contribution >= 0.6 is 0 Å². The highest BCUT2D eigenvalue weighted by Gasteiger charge is 2.28. The van der Waals surface area contributed by atoms with Crippen molar-refractivity contribution in [2.75, 3.05) is 12.5 Å². The number of aromatic nitrogens is 1. The lowest BCUT2D eigenvalue weighted by molar-refractivity contribution is 0.123. The van der Waals surface area contributed by atoms with Crippen molar-refractivity contribution < 1.29 is 0 Å². The number of anilines is 1. The third-order valence-corrected chi connectivity index (χ3v) is 4.34. The molecule has 4 heteroatoms. The first-order chi connectivity index (χ1) is 9.00. The monoisotopic (exact) mass is 262 g/mol. The Morgan fingerprint density at radius 1 is 1.42 bits per heavy atom. The summed E-state index contributed by atoms with van der Waals surface area (Å²) < 4.78 is 0. The van der Waals surface area contributed by atoms with E-state index < -0.39 is 0 Å². The third kappa shape index (κ3) is 3.91. The molecule has 0 atom stereocenters. The maximum atomic E-state index is 5.40. The van der Waals surface area contributed by atoms with Gasteiger partial charge in [0.1, 0.15) is 5.82 Å². The van der Waals surface area contributed by atoms with Crippen LogP contribution in [0.4, 0.5) is 5.82 Å². The van der Waals surface area contributed by atoms with Crippen molar-refractivity contribution in [3.05, 3.63) is 23.9 Å². The normalized spacial score (nSPS) is 19.6. The van der Waals surface area contributed by atoms with Gasteiger partial charge < -0.3 is 5.43 Å². The van der Waals surface area contributed by atoms with Gasteiger partial charge in [0, 0.05) is 18.8 Å². The minimum absolute atomic E-state index is 0.532. The van der Waals surface area contributed by atoms with Crippen LogP contribution in [0.1, 0.15) is 45.1 Å². The van der Waals surface area contributed by atoms with Crippen molar-refractivity contribution >= 4 is 5.82 Å². The van der Waals surface area contributed by atoms with Crippen LogP contribution in [-0.2, 0) is 6.54 Å². The lowest BCUT2D eigenvalue weighted by atomic mass is 9.75. The Bertz CT molecular complexity index is 406. The minimum atomic E-state index is 0.532. The number of rotatable bonds is 4. The Labute approximate surface area is 116 Å².